The second-order valence-corrected chi connectivity index (χ2v) is 5.36. The third-order valence-corrected chi connectivity index (χ3v) is 4.07. The number of non-ortho nitro benzene ring substituents is 1. The third-order valence-electron chi connectivity index (χ3n) is 3.78. The smallest absolute Gasteiger partial charge is 0.269 e. The molecule has 19 heavy (non-hydrogen) atoms. The van der Waals surface area contributed by atoms with Gasteiger partial charge in [0.05, 0.1) is 4.92 Å². The molecule has 0 bridgehead atoms. The molecule has 4 nitrogen and oxygen atoms in total. The molecule has 5 heteroatoms. The van der Waals surface area contributed by atoms with E-state index >= 15 is 0 Å². The molecule has 0 radical (unpaired) electrons. The van der Waals surface area contributed by atoms with Crippen LogP contribution >= 0.6 is 11.6 Å². The first-order valence-corrected chi connectivity index (χ1v) is 7.27. The highest BCUT2D eigenvalue weighted by Crippen LogP contribution is 2.31. The van der Waals surface area contributed by atoms with E-state index in [1.165, 1.54) is 25.7 Å². The van der Waals surface area contributed by atoms with Gasteiger partial charge in [-0.1, -0.05) is 12.8 Å². The van der Waals surface area contributed by atoms with Crippen LogP contribution < -0.4 is 4.90 Å². The molecule has 1 saturated heterocycles. The maximum absolute atomic E-state index is 10.8. The Balaban J connectivity index is 2.34. The fraction of sp³-hybridized carbons (Fsp3) is 0.571. The van der Waals surface area contributed by atoms with Crippen LogP contribution in [0.5, 0.6) is 0 Å². The number of halogens is 1. The monoisotopic (exact) mass is 282 g/mol. The van der Waals surface area contributed by atoms with Crippen molar-refractivity contribution in [1.29, 1.82) is 0 Å². The lowest BCUT2D eigenvalue weighted by atomic mass is 10.1. The molecule has 2 rings (SSSR count). The number of benzene rings is 1. The Morgan fingerprint density at radius 1 is 1.42 bits per heavy atom. The Bertz CT molecular complexity index is 465. The minimum absolute atomic E-state index is 0.113. The van der Waals surface area contributed by atoms with Crippen LogP contribution in [0.3, 0.4) is 0 Å². The van der Waals surface area contributed by atoms with Gasteiger partial charge in [-0.15, -0.1) is 11.6 Å². The first kappa shape index (κ1) is 14.1. The summed E-state index contributed by atoms with van der Waals surface area (Å²) in [7, 11) is 0. The summed E-state index contributed by atoms with van der Waals surface area (Å²) in [5.74, 6) is 0.306. The Morgan fingerprint density at radius 3 is 2.89 bits per heavy atom. The average molecular weight is 283 g/mol. The highest BCUT2D eigenvalue weighted by molar-refractivity contribution is 6.17. The summed E-state index contributed by atoms with van der Waals surface area (Å²) in [5.41, 5.74) is 2.02. The maximum atomic E-state index is 10.8. The largest absolute Gasteiger partial charge is 0.369 e. The number of nitro groups is 1. The molecule has 0 aliphatic carbocycles. The molecule has 0 amide bonds. The van der Waals surface area contributed by atoms with Crippen LogP contribution in [0.4, 0.5) is 11.4 Å². The predicted molar refractivity (Wildman–Crippen MR) is 77.9 cm³/mol. The lowest BCUT2D eigenvalue weighted by Gasteiger charge is -2.31. The highest BCUT2D eigenvalue weighted by Gasteiger charge is 2.21. The molecule has 1 aliphatic rings. The minimum atomic E-state index is -0.369. The molecule has 1 atom stereocenters. The standard InChI is InChI=1S/C14H19ClN2O2/c1-11-5-3-2-4-8-16(11)14-7-6-13(17(18)19)9-12(14)10-15/h6-7,9,11H,2-5,8,10H2,1H3. The summed E-state index contributed by atoms with van der Waals surface area (Å²) in [4.78, 5) is 12.8. The molecule has 0 N–H and O–H groups in total. The number of nitrogens with zero attached hydrogens (tertiary/aromatic N) is 2. The molecular weight excluding hydrogens is 264 g/mol. The number of hydrogen-bond acceptors (Lipinski definition) is 3. The van der Waals surface area contributed by atoms with Gasteiger partial charge in [-0.2, -0.15) is 0 Å². The number of nitro benzene ring substituents is 1. The Kier molecular flexibility index (Phi) is 4.64. The van der Waals surface area contributed by atoms with E-state index in [0.717, 1.165) is 17.8 Å². The van der Waals surface area contributed by atoms with Gasteiger partial charge in [0.25, 0.3) is 5.69 Å². The highest BCUT2D eigenvalue weighted by atomic mass is 35.5. The Morgan fingerprint density at radius 2 is 2.21 bits per heavy atom. The molecule has 104 valence electrons. The van der Waals surface area contributed by atoms with Gasteiger partial charge in [0.15, 0.2) is 0 Å². The van der Waals surface area contributed by atoms with Gasteiger partial charge in [-0.25, -0.2) is 0 Å². The summed E-state index contributed by atoms with van der Waals surface area (Å²) in [5, 5.41) is 10.8. The molecule has 1 aliphatic heterocycles. The fourth-order valence-electron chi connectivity index (χ4n) is 2.71. The van der Waals surface area contributed by atoms with Gasteiger partial charge >= 0.3 is 0 Å². The summed E-state index contributed by atoms with van der Waals surface area (Å²) in [6.45, 7) is 3.22. The summed E-state index contributed by atoms with van der Waals surface area (Å²) < 4.78 is 0. The molecular formula is C14H19ClN2O2. The molecule has 0 spiro atoms. The minimum Gasteiger partial charge on any atom is -0.369 e. The van der Waals surface area contributed by atoms with E-state index in [9.17, 15) is 10.1 Å². The maximum Gasteiger partial charge on any atom is 0.269 e. The van der Waals surface area contributed by atoms with E-state index in [2.05, 4.69) is 11.8 Å². The van der Waals surface area contributed by atoms with Gasteiger partial charge in [0, 0.05) is 36.3 Å². The Hall–Kier alpha value is -1.29. The van der Waals surface area contributed by atoms with Gasteiger partial charge in [-0.05, 0) is 31.4 Å². The van der Waals surface area contributed by atoms with Crippen molar-refractivity contribution in [2.75, 3.05) is 11.4 Å². The number of rotatable bonds is 3. The molecule has 0 aromatic heterocycles. The van der Waals surface area contributed by atoms with Crippen LogP contribution in [0.2, 0.25) is 0 Å². The third kappa shape index (κ3) is 3.18. The van der Waals surface area contributed by atoms with Gasteiger partial charge < -0.3 is 4.90 Å². The molecule has 1 aromatic rings. The lowest BCUT2D eigenvalue weighted by Crippen LogP contribution is -2.33. The van der Waals surface area contributed by atoms with Gasteiger partial charge in [-0.3, -0.25) is 10.1 Å². The van der Waals surface area contributed by atoms with Crippen LogP contribution in [0, 0.1) is 10.1 Å². The average Bonchev–Trinajstić information content (AvgIpc) is 2.62. The van der Waals surface area contributed by atoms with E-state index in [4.69, 9.17) is 11.6 Å². The van der Waals surface area contributed by atoms with Crippen LogP contribution in [0.1, 0.15) is 38.2 Å². The van der Waals surface area contributed by atoms with Crippen molar-refractivity contribution in [3.8, 4) is 0 Å². The topological polar surface area (TPSA) is 46.4 Å². The molecule has 1 aromatic carbocycles. The van der Waals surface area contributed by atoms with Crippen molar-refractivity contribution in [3.05, 3.63) is 33.9 Å². The van der Waals surface area contributed by atoms with E-state index in [0.29, 0.717) is 11.9 Å². The summed E-state index contributed by atoms with van der Waals surface area (Å²) in [6.07, 6.45) is 4.84. The number of alkyl halides is 1. The fourth-order valence-corrected chi connectivity index (χ4v) is 2.92. The zero-order chi connectivity index (χ0) is 13.8. The first-order chi connectivity index (χ1) is 9.13. The molecule has 1 unspecified atom stereocenters. The van der Waals surface area contributed by atoms with Gasteiger partial charge in [0.1, 0.15) is 0 Å². The predicted octanol–water partition coefficient (Wildman–Crippen LogP) is 4.10. The van der Waals surface area contributed by atoms with E-state index in [1.54, 1.807) is 12.1 Å². The van der Waals surface area contributed by atoms with Gasteiger partial charge in [0.2, 0.25) is 0 Å². The zero-order valence-electron chi connectivity index (χ0n) is 11.1. The Labute approximate surface area is 118 Å². The molecule has 1 heterocycles. The molecule has 1 fully saturated rings. The normalized spacial score (nSPS) is 20.1. The second kappa shape index (κ2) is 6.24. The quantitative estimate of drug-likeness (QED) is 0.476. The zero-order valence-corrected chi connectivity index (χ0v) is 11.9. The van der Waals surface area contributed by atoms with Crippen LogP contribution in [-0.4, -0.2) is 17.5 Å². The summed E-state index contributed by atoms with van der Waals surface area (Å²) >= 11 is 5.97. The number of anilines is 1. The van der Waals surface area contributed by atoms with Crippen molar-refractivity contribution in [3.63, 3.8) is 0 Å². The second-order valence-electron chi connectivity index (χ2n) is 5.10. The lowest BCUT2D eigenvalue weighted by molar-refractivity contribution is -0.384. The van der Waals surface area contributed by atoms with Crippen molar-refractivity contribution >= 4 is 23.0 Å². The van der Waals surface area contributed by atoms with E-state index in [1.807, 2.05) is 6.07 Å². The van der Waals surface area contributed by atoms with Crippen LogP contribution in [0.15, 0.2) is 18.2 Å². The SMILES string of the molecule is CC1CCCCCN1c1ccc([N+](=O)[O-])cc1CCl. The first-order valence-electron chi connectivity index (χ1n) is 6.73. The van der Waals surface area contributed by atoms with Crippen molar-refractivity contribution in [1.82, 2.24) is 0 Å². The van der Waals surface area contributed by atoms with Crippen molar-refractivity contribution in [2.45, 2.75) is 44.5 Å². The summed E-state index contributed by atoms with van der Waals surface area (Å²) in [6, 6.07) is 5.48. The van der Waals surface area contributed by atoms with Crippen molar-refractivity contribution < 1.29 is 4.92 Å². The van der Waals surface area contributed by atoms with Crippen LogP contribution in [0.25, 0.3) is 0 Å². The molecule has 0 saturated carbocycles. The van der Waals surface area contributed by atoms with E-state index < -0.39 is 0 Å². The number of hydrogen-bond donors (Lipinski definition) is 0. The van der Waals surface area contributed by atoms with Crippen LogP contribution in [-0.2, 0) is 5.88 Å². The van der Waals surface area contributed by atoms with E-state index in [-0.39, 0.29) is 10.6 Å². The van der Waals surface area contributed by atoms with Crippen molar-refractivity contribution in [2.24, 2.45) is 0 Å².